The molecule has 0 spiro atoms. The van der Waals surface area contributed by atoms with E-state index in [1.54, 1.807) is 18.2 Å². The fraction of sp³-hybridized carbons (Fsp3) is 0.364. The fourth-order valence-corrected chi connectivity index (χ4v) is 3.70. The predicted molar refractivity (Wildman–Crippen MR) is 107 cm³/mol. The maximum atomic E-state index is 12.9. The highest BCUT2D eigenvalue weighted by Crippen LogP contribution is 2.37. The Bertz CT molecular complexity index is 898. The number of aryl methyl sites for hydroxylation is 1. The van der Waals surface area contributed by atoms with Crippen LogP contribution in [0.5, 0.6) is 11.5 Å². The van der Waals surface area contributed by atoms with Crippen LogP contribution in [0, 0.1) is 5.92 Å². The number of amides is 2. The molecule has 146 valence electrons. The average molecular weight is 380 g/mol. The van der Waals surface area contributed by atoms with Gasteiger partial charge < -0.3 is 19.7 Å². The van der Waals surface area contributed by atoms with Crippen molar-refractivity contribution in [2.24, 2.45) is 5.92 Å². The van der Waals surface area contributed by atoms with E-state index >= 15 is 0 Å². The van der Waals surface area contributed by atoms with Crippen LogP contribution in [-0.2, 0) is 11.2 Å². The second-order valence-electron chi connectivity index (χ2n) is 7.20. The first kappa shape index (κ1) is 18.3. The number of anilines is 2. The molecule has 1 N–H and O–H groups in total. The standard InChI is InChI=1S/C22H24N2O4/c1-27-18-6-3-7-19(28-2)20(18)21(25)23-16-11-10-14-5-4-12-24(17(14)13-16)22(26)15-8-9-15/h3,6-7,10-11,13,15H,4-5,8-9,12H2,1-2H3,(H,23,25). The molecule has 1 aliphatic carbocycles. The van der Waals surface area contributed by atoms with Crippen molar-refractivity contribution >= 4 is 23.2 Å². The van der Waals surface area contributed by atoms with Gasteiger partial charge in [0.1, 0.15) is 17.1 Å². The molecule has 0 aromatic heterocycles. The summed E-state index contributed by atoms with van der Waals surface area (Å²) in [4.78, 5) is 27.5. The van der Waals surface area contributed by atoms with Gasteiger partial charge in [-0.2, -0.15) is 0 Å². The zero-order chi connectivity index (χ0) is 19.7. The third-order valence-corrected chi connectivity index (χ3v) is 5.31. The van der Waals surface area contributed by atoms with E-state index in [4.69, 9.17) is 9.47 Å². The molecule has 2 aromatic rings. The summed E-state index contributed by atoms with van der Waals surface area (Å²) >= 11 is 0. The van der Waals surface area contributed by atoms with Crippen LogP contribution in [0.3, 0.4) is 0 Å². The van der Waals surface area contributed by atoms with E-state index in [0.717, 1.165) is 43.5 Å². The number of carbonyl (C=O) groups is 2. The van der Waals surface area contributed by atoms with Gasteiger partial charge in [-0.15, -0.1) is 0 Å². The Morgan fingerprint density at radius 3 is 2.43 bits per heavy atom. The lowest BCUT2D eigenvalue weighted by Crippen LogP contribution is -2.36. The van der Waals surface area contributed by atoms with E-state index in [1.807, 2.05) is 23.1 Å². The minimum absolute atomic E-state index is 0.169. The summed E-state index contributed by atoms with van der Waals surface area (Å²) in [6.45, 7) is 0.736. The van der Waals surface area contributed by atoms with Crippen molar-refractivity contribution in [1.29, 1.82) is 0 Å². The molecular weight excluding hydrogens is 356 g/mol. The normalized spacial score (nSPS) is 15.6. The number of methoxy groups -OCH3 is 2. The number of benzene rings is 2. The van der Waals surface area contributed by atoms with Gasteiger partial charge in [0.25, 0.3) is 5.91 Å². The highest BCUT2D eigenvalue weighted by atomic mass is 16.5. The van der Waals surface area contributed by atoms with Crippen LogP contribution < -0.4 is 19.7 Å². The van der Waals surface area contributed by atoms with Crippen molar-refractivity contribution in [1.82, 2.24) is 0 Å². The highest BCUT2D eigenvalue weighted by molar-refractivity contribution is 6.08. The average Bonchev–Trinajstić information content (AvgIpc) is 3.57. The molecule has 1 saturated carbocycles. The maximum absolute atomic E-state index is 12.9. The Hall–Kier alpha value is -3.02. The first-order valence-electron chi connectivity index (χ1n) is 9.59. The molecular formula is C22H24N2O4. The number of rotatable bonds is 5. The van der Waals surface area contributed by atoms with Gasteiger partial charge >= 0.3 is 0 Å². The first-order valence-corrected chi connectivity index (χ1v) is 9.59. The number of nitrogens with one attached hydrogen (secondary N) is 1. The number of hydrogen-bond donors (Lipinski definition) is 1. The van der Waals surface area contributed by atoms with Crippen molar-refractivity contribution in [3.8, 4) is 11.5 Å². The van der Waals surface area contributed by atoms with E-state index in [2.05, 4.69) is 5.32 Å². The fourth-order valence-electron chi connectivity index (χ4n) is 3.70. The highest BCUT2D eigenvalue weighted by Gasteiger charge is 2.35. The van der Waals surface area contributed by atoms with Crippen molar-refractivity contribution < 1.29 is 19.1 Å². The van der Waals surface area contributed by atoms with E-state index in [1.165, 1.54) is 14.2 Å². The quantitative estimate of drug-likeness (QED) is 0.860. The minimum atomic E-state index is -0.315. The molecule has 2 aromatic carbocycles. The van der Waals surface area contributed by atoms with Gasteiger partial charge in [0, 0.05) is 23.8 Å². The Morgan fingerprint density at radius 1 is 1.07 bits per heavy atom. The molecule has 6 heteroatoms. The Balaban J connectivity index is 1.62. The summed E-state index contributed by atoms with van der Waals surface area (Å²) in [5.41, 5.74) is 3.05. The number of nitrogens with zero attached hydrogens (tertiary/aromatic N) is 1. The van der Waals surface area contributed by atoms with Crippen molar-refractivity contribution in [3.63, 3.8) is 0 Å². The second-order valence-corrected chi connectivity index (χ2v) is 7.20. The van der Waals surface area contributed by atoms with Gasteiger partial charge in [0.15, 0.2) is 0 Å². The predicted octanol–water partition coefficient (Wildman–Crippen LogP) is 3.65. The van der Waals surface area contributed by atoms with Crippen LogP contribution in [0.1, 0.15) is 35.2 Å². The SMILES string of the molecule is COc1cccc(OC)c1C(=O)Nc1ccc2c(c1)N(C(=O)C1CC1)CCC2. The van der Waals surface area contributed by atoms with Gasteiger partial charge in [0.05, 0.1) is 14.2 Å². The van der Waals surface area contributed by atoms with E-state index in [0.29, 0.717) is 22.7 Å². The van der Waals surface area contributed by atoms with Gasteiger partial charge in [-0.25, -0.2) is 0 Å². The third-order valence-electron chi connectivity index (χ3n) is 5.31. The molecule has 4 rings (SSSR count). The molecule has 1 fully saturated rings. The summed E-state index contributed by atoms with van der Waals surface area (Å²) in [6.07, 6.45) is 3.87. The monoisotopic (exact) mass is 380 g/mol. The van der Waals surface area contributed by atoms with Gasteiger partial charge in [-0.3, -0.25) is 9.59 Å². The van der Waals surface area contributed by atoms with Crippen LogP contribution in [0.4, 0.5) is 11.4 Å². The number of carbonyl (C=O) groups excluding carboxylic acids is 2. The summed E-state index contributed by atoms with van der Waals surface area (Å²) in [7, 11) is 3.04. The second kappa shape index (κ2) is 7.54. The van der Waals surface area contributed by atoms with E-state index in [-0.39, 0.29) is 17.7 Å². The number of hydrogen-bond acceptors (Lipinski definition) is 4. The van der Waals surface area contributed by atoms with Crippen molar-refractivity contribution in [3.05, 3.63) is 47.5 Å². The summed E-state index contributed by atoms with van der Waals surface area (Å²) in [5.74, 6) is 0.948. The molecule has 28 heavy (non-hydrogen) atoms. The molecule has 0 bridgehead atoms. The Morgan fingerprint density at radius 2 is 1.79 bits per heavy atom. The molecule has 2 amide bonds. The lowest BCUT2D eigenvalue weighted by atomic mass is 10.0. The largest absolute Gasteiger partial charge is 0.496 e. The lowest BCUT2D eigenvalue weighted by Gasteiger charge is -2.30. The van der Waals surface area contributed by atoms with Crippen LogP contribution in [0.2, 0.25) is 0 Å². The zero-order valence-corrected chi connectivity index (χ0v) is 16.2. The molecule has 0 radical (unpaired) electrons. The first-order chi connectivity index (χ1) is 13.6. The van der Waals surface area contributed by atoms with Crippen LogP contribution >= 0.6 is 0 Å². The molecule has 0 saturated heterocycles. The smallest absolute Gasteiger partial charge is 0.263 e. The van der Waals surface area contributed by atoms with Gasteiger partial charge in [-0.05, 0) is 55.5 Å². The number of ether oxygens (including phenoxy) is 2. The zero-order valence-electron chi connectivity index (χ0n) is 16.2. The van der Waals surface area contributed by atoms with Gasteiger partial charge in [0.2, 0.25) is 5.91 Å². The molecule has 2 aliphatic rings. The van der Waals surface area contributed by atoms with Crippen LogP contribution in [-0.4, -0.2) is 32.6 Å². The van der Waals surface area contributed by atoms with Crippen LogP contribution in [0.15, 0.2) is 36.4 Å². The molecule has 1 aliphatic heterocycles. The number of fused-ring (bicyclic) bond motifs is 1. The van der Waals surface area contributed by atoms with E-state index < -0.39 is 0 Å². The molecule has 1 heterocycles. The Labute approximate surface area is 164 Å². The molecule has 0 atom stereocenters. The molecule has 6 nitrogen and oxygen atoms in total. The maximum Gasteiger partial charge on any atom is 0.263 e. The summed E-state index contributed by atoms with van der Waals surface area (Å²) < 4.78 is 10.7. The lowest BCUT2D eigenvalue weighted by molar-refractivity contribution is -0.119. The van der Waals surface area contributed by atoms with Gasteiger partial charge in [-0.1, -0.05) is 12.1 Å². The summed E-state index contributed by atoms with van der Waals surface area (Å²) in [5, 5.41) is 2.93. The van der Waals surface area contributed by atoms with Crippen LogP contribution in [0.25, 0.3) is 0 Å². The Kier molecular flexibility index (Phi) is 4.94. The van der Waals surface area contributed by atoms with Crippen molar-refractivity contribution in [2.75, 3.05) is 31.0 Å². The van der Waals surface area contributed by atoms with E-state index in [9.17, 15) is 9.59 Å². The minimum Gasteiger partial charge on any atom is -0.496 e. The molecule has 0 unspecified atom stereocenters. The topological polar surface area (TPSA) is 67.9 Å². The third kappa shape index (κ3) is 3.42. The van der Waals surface area contributed by atoms with Crippen molar-refractivity contribution in [2.45, 2.75) is 25.7 Å². The summed E-state index contributed by atoms with van der Waals surface area (Å²) in [6, 6.07) is 11.0.